The van der Waals surface area contributed by atoms with Crippen LogP contribution in [0, 0.1) is 5.92 Å². The van der Waals surface area contributed by atoms with Crippen molar-refractivity contribution in [2.45, 2.75) is 19.8 Å². The van der Waals surface area contributed by atoms with Crippen LogP contribution in [0.5, 0.6) is 0 Å². The van der Waals surface area contributed by atoms with Crippen LogP contribution >= 0.6 is 0 Å². The molecule has 1 N–H and O–H groups in total. The number of pyridine rings is 1. The van der Waals surface area contributed by atoms with E-state index in [1.807, 2.05) is 24.3 Å². The van der Waals surface area contributed by atoms with Crippen LogP contribution in [0.1, 0.15) is 30.1 Å². The number of rotatable bonds is 3. The molecule has 1 aromatic heterocycles. The van der Waals surface area contributed by atoms with Crippen LogP contribution in [0.3, 0.4) is 0 Å². The predicted molar refractivity (Wildman–Crippen MR) is 96.7 cm³/mol. The molecule has 126 valence electrons. The molecule has 0 saturated carbocycles. The second-order valence-corrected chi connectivity index (χ2v) is 6.51. The van der Waals surface area contributed by atoms with E-state index in [9.17, 15) is 9.59 Å². The Labute approximate surface area is 141 Å². The first-order valence-electron chi connectivity index (χ1n) is 8.36. The molecule has 0 unspecified atom stereocenters. The number of anilines is 2. The van der Waals surface area contributed by atoms with E-state index in [1.54, 1.807) is 25.4 Å². The zero-order chi connectivity index (χ0) is 17.1. The van der Waals surface area contributed by atoms with Crippen molar-refractivity contribution in [1.82, 2.24) is 4.57 Å². The van der Waals surface area contributed by atoms with Gasteiger partial charge in [0.2, 0.25) is 0 Å². The number of nitrogens with zero attached hydrogens (tertiary/aromatic N) is 2. The summed E-state index contributed by atoms with van der Waals surface area (Å²) in [5, 5.41) is 2.79. The van der Waals surface area contributed by atoms with E-state index in [2.05, 4.69) is 17.1 Å². The van der Waals surface area contributed by atoms with Gasteiger partial charge < -0.3 is 14.8 Å². The number of benzene rings is 1. The molecule has 0 atom stereocenters. The first-order chi connectivity index (χ1) is 11.5. The minimum atomic E-state index is -0.379. The minimum absolute atomic E-state index is 0.147. The summed E-state index contributed by atoms with van der Waals surface area (Å²) in [5.74, 6) is 0.420. The van der Waals surface area contributed by atoms with Crippen LogP contribution in [0.25, 0.3) is 0 Å². The number of nitrogens with one attached hydrogen (secondary N) is 1. The molecule has 5 heteroatoms. The van der Waals surface area contributed by atoms with Gasteiger partial charge in [0.15, 0.2) is 0 Å². The molecule has 1 amide bonds. The number of piperidine rings is 1. The Morgan fingerprint density at radius 2 is 1.79 bits per heavy atom. The lowest BCUT2D eigenvalue weighted by atomic mass is 9.99. The summed E-state index contributed by atoms with van der Waals surface area (Å²) in [7, 11) is 1.63. The third-order valence-electron chi connectivity index (χ3n) is 4.64. The molecule has 1 fully saturated rings. The quantitative estimate of drug-likeness (QED) is 0.944. The van der Waals surface area contributed by atoms with Crippen LogP contribution in [-0.2, 0) is 7.05 Å². The third kappa shape index (κ3) is 3.50. The maximum Gasteiger partial charge on any atom is 0.263 e. The van der Waals surface area contributed by atoms with Gasteiger partial charge in [0.1, 0.15) is 5.56 Å². The van der Waals surface area contributed by atoms with E-state index < -0.39 is 0 Å². The molecule has 0 radical (unpaired) electrons. The SMILES string of the molecule is CC1CCN(c2ccc(NC(=O)c3cccn(C)c3=O)cc2)CC1. The van der Waals surface area contributed by atoms with Gasteiger partial charge in [-0.05, 0) is 55.2 Å². The van der Waals surface area contributed by atoms with Crippen LogP contribution in [0.2, 0.25) is 0 Å². The lowest BCUT2D eigenvalue weighted by Gasteiger charge is -2.32. The normalized spacial score (nSPS) is 15.3. The summed E-state index contributed by atoms with van der Waals surface area (Å²) in [4.78, 5) is 26.6. The molecule has 0 aliphatic carbocycles. The molecular weight excluding hydrogens is 302 g/mol. The maximum atomic E-state index is 12.3. The Hall–Kier alpha value is -2.56. The summed E-state index contributed by atoms with van der Waals surface area (Å²) in [5.41, 5.74) is 1.72. The Balaban J connectivity index is 1.69. The number of aromatic nitrogens is 1. The third-order valence-corrected chi connectivity index (χ3v) is 4.64. The summed E-state index contributed by atoms with van der Waals surface area (Å²) in [6.07, 6.45) is 4.07. The Morgan fingerprint density at radius 1 is 1.12 bits per heavy atom. The fourth-order valence-electron chi connectivity index (χ4n) is 2.99. The maximum absolute atomic E-state index is 12.3. The van der Waals surface area contributed by atoms with Crippen LogP contribution in [0.15, 0.2) is 47.4 Å². The number of hydrogen-bond donors (Lipinski definition) is 1. The standard InChI is InChI=1S/C19H23N3O2/c1-14-9-12-22(13-10-14)16-7-5-15(6-8-16)20-18(23)17-4-3-11-21(2)19(17)24/h3-8,11,14H,9-10,12-13H2,1-2H3,(H,20,23). The molecule has 1 aliphatic rings. The van der Waals surface area contributed by atoms with Crippen molar-refractivity contribution < 1.29 is 4.79 Å². The number of aryl methyl sites for hydroxylation is 1. The highest BCUT2D eigenvalue weighted by Crippen LogP contribution is 2.24. The predicted octanol–water partition coefficient (Wildman–Crippen LogP) is 2.87. The highest BCUT2D eigenvalue weighted by molar-refractivity contribution is 6.04. The zero-order valence-electron chi connectivity index (χ0n) is 14.2. The van der Waals surface area contributed by atoms with Gasteiger partial charge >= 0.3 is 0 Å². The number of amides is 1. The average molecular weight is 325 g/mol. The number of carbonyl (C=O) groups is 1. The van der Waals surface area contributed by atoms with Gasteiger partial charge in [0.05, 0.1) is 0 Å². The fourth-order valence-corrected chi connectivity index (χ4v) is 2.99. The smallest absolute Gasteiger partial charge is 0.263 e. The van der Waals surface area contributed by atoms with Crippen molar-refractivity contribution in [2.24, 2.45) is 13.0 Å². The average Bonchev–Trinajstić information content (AvgIpc) is 2.59. The van der Waals surface area contributed by atoms with E-state index in [0.29, 0.717) is 5.69 Å². The van der Waals surface area contributed by atoms with Gasteiger partial charge in [-0.15, -0.1) is 0 Å². The molecule has 1 saturated heterocycles. The Bertz CT molecular complexity index is 772. The number of carbonyl (C=O) groups excluding carboxylic acids is 1. The molecule has 0 spiro atoms. The highest BCUT2D eigenvalue weighted by Gasteiger charge is 2.16. The van der Waals surface area contributed by atoms with Gasteiger partial charge in [-0.25, -0.2) is 0 Å². The molecule has 0 bridgehead atoms. The van der Waals surface area contributed by atoms with Crippen molar-refractivity contribution in [1.29, 1.82) is 0 Å². The Kier molecular flexibility index (Phi) is 4.69. The van der Waals surface area contributed by atoms with Gasteiger partial charge in [-0.3, -0.25) is 9.59 Å². The second-order valence-electron chi connectivity index (χ2n) is 6.51. The first-order valence-corrected chi connectivity index (χ1v) is 8.36. The molecule has 2 heterocycles. The van der Waals surface area contributed by atoms with Gasteiger partial charge in [0.25, 0.3) is 11.5 Å². The van der Waals surface area contributed by atoms with Crippen LogP contribution in [0.4, 0.5) is 11.4 Å². The molecular formula is C19H23N3O2. The largest absolute Gasteiger partial charge is 0.372 e. The topological polar surface area (TPSA) is 54.3 Å². The Morgan fingerprint density at radius 3 is 2.46 bits per heavy atom. The van der Waals surface area contributed by atoms with E-state index in [4.69, 9.17) is 0 Å². The summed E-state index contributed by atoms with van der Waals surface area (Å²) < 4.78 is 1.40. The summed E-state index contributed by atoms with van der Waals surface area (Å²) in [6, 6.07) is 11.1. The lowest BCUT2D eigenvalue weighted by Crippen LogP contribution is -2.32. The van der Waals surface area contributed by atoms with Crippen molar-refractivity contribution >= 4 is 17.3 Å². The molecule has 1 aliphatic heterocycles. The lowest BCUT2D eigenvalue weighted by molar-refractivity contribution is 0.102. The van der Waals surface area contributed by atoms with Gasteiger partial charge in [-0.2, -0.15) is 0 Å². The minimum Gasteiger partial charge on any atom is -0.372 e. The molecule has 5 nitrogen and oxygen atoms in total. The van der Waals surface area contributed by atoms with Crippen molar-refractivity contribution in [3.8, 4) is 0 Å². The summed E-state index contributed by atoms with van der Waals surface area (Å²) in [6.45, 7) is 4.45. The van der Waals surface area contributed by atoms with Crippen LogP contribution < -0.4 is 15.8 Å². The van der Waals surface area contributed by atoms with E-state index in [-0.39, 0.29) is 17.0 Å². The van der Waals surface area contributed by atoms with Crippen molar-refractivity contribution in [3.05, 3.63) is 58.5 Å². The van der Waals surface area contributed by atoms with Gasteiger partial charge in [-0.1, -0.05) is 6.92 Å². The molecule has 2 aromatic rings. The second kappa shape index (κ2) is 6.91. The molecule has 24 heavy (non-hydrogen) atoms. The fraction of sp³-hybridized carbons (Fsp3) is 0.368. The zero-order valence-corrected chi connectivity index (χ0v) is 14.2. The van der Waals surface area contributed by atoms with Crippen molar-refractivity contribution in [3.63, 3.8) is 0 Å². The monoisotopic (exact) mass is 325 g/mol. The first kappa shape index (κ1) is 16.3. The van der Waals surface area contributed by atoms with Crippen molar-refractivity contribution in [2.75, 3.05) is 23.3 Å². The van der Waals surface area contributed by atoms with Gasteiger partial charge in [0, 0.05) is 37.7 Å². The molecule has 1 aromatic carbocycles. The van der Waals surface area contributed by atoms with E-state index in [1.165, 1.54) is 23.1 Å². The van der Waals surface area contributed by atoms with E-state index >= 15 is 0 Å². The summed E-state index contributed by atoms with van der Waals surface area (Å²) >= 11 is 0. The van der Waals surface area contributed by atoms with Crippen LogP contribution in [-0.4, -0.2) is 23.6 Å². The molecule has 3 rings (SSSR count). The number of hydrogen-bond acceptors (Lipinski definition) is 3. The van der Waals surface area contributed by atoms with E-state index in [0.717, 1.165) is 19.0 Å². The highest BCUT2D eigenvalue weighted by atomic mass is 16.2.